The fourth-order valence-corrected chi connectivity index (χ4v) is 2.38. The van der Waals surface area contributed by atoms with E-state index in [2.05, 4.69) is 5.32 Å². The van der Waals surface area contributed by atoms with Crippen LogP contribution in [0.25, 0.3) is 0 Å². The van der Waals surface area contributed by atoms with Gasteiger partial charge < -0.3 is 10.1 Å². The molecule has 0 saturated heterocycles. The maximum absolute atomic E-state index is 13.0. The van der Waals surface area contributed by atoms with Crippen LogP contribution in [-0.2, 0) is 17.5 Å². The molecule has 2 rings (SSSR count). The molecule has 7 heteroatoms. The summed E-state index contributed by atoms with van der Waals surface area (Å²) in [5.41, 5.74) is -0.205. The summed E-state index contributed by atoms with van der Waals surface area (Å²) in [6, 6.07) is 9.86. The van der Waals surface area contributed by atoms with Gasteiger partial charge in [0.25, 0.3) is 0 Å². The predicted octanol–water partition coefficient (Wildman–Crippen LogP) is 4.63. The normalized spacial score (nSPS) is 11.3. The number of hydrogen-bond acceptors (Lipinski definition) is 2. The van der Waals surface area contributed by atoms with Gasteiger partial charge >= 0.3 is 6.18 Å². The Labute approximate surface area is 149 Å². The number of alkyl halides is 3. The van der Waals surface area contributed by atoms with Gasteiger partial charge in [0.2, 0.25) is 5.91 Å². The average Bonchev–Trinajstić information content (AvgIpc) is 2.57. The molecule has 0 spiro atoms. The van der Waals surface area contributed by atoms with E-state index in [1.54, 1.807) is 6.07 Å². The van der Waals surface area contributed by atoms with Gasteiger partial charge in [0.05, 0.1) is 12.2 Å². The van der Waals surface area contributed by atoms with E-state index in [4.69, 9.17) is 4.74 Å². The molecule has 0 aliphatic heterocycles. The minimum Gasteiger partial charge on any atom is -0.494 e. The van der Waals surface area contributed by atoms with Crippen molar-refractivity contribution in [3.05, 3.63) is 65.0 Å². The van der Waals surface area contributed by atoms with Gasteiger partial charge in [0.1, 0.15) is 11.6 Å². The Balaban J connectivity index is 1.79. The molecule has 0 atom stereocenters. The zero-order chi connectivity index (χ0) is 19.2. The number of carbonyl (C=O) groups excluding carboxylic acids is 1. The lowest BCUT2D eigenvalue weighted by atomic mass is 10.1. The Morgan fingerprint density at radius 3 is 2.62 bits per heavy atom. The second-order valence-electron chi connectivity index (χ2n) is 5.84. The standard InChI is InChI=1S/C19H19F4NO2/c1-13-4-2-5-16(10-13)26-9-3-6-18(25)24-12-14-7-8-15(20)11-17(14)19(21,22)23/h2,4-5,7-8,10-11H,3,6,9,12H2,1H3,(H,24,25). The first-order chi connectivity index (χ1) is 12.3. The maximum atomic E-state index is 13.0. The molecule has 0 radical (unpaired) electrons. The van der Waals surface area contributed by atoms with Gasteiger partial charge in [-0.05, 0) is 48.7 Å². The third-order valence-corrected chi connectivity index (χ3v) is 3.66. The fraction of sp³-hybridized carbons (Fsp3) is 0.316. The van der Waals surface area contributed by atoms with E-state index < -0.39 is 23.5 Å². The van der Waals surface area contributed by atoms with Gasteiger partial charge in [-0.15, -0.1) is 0 Å². The SMILES string of the molecule is Cc1cccc(OCCCC(=O)NCc2ccc(F)cc2C(F)(F)F)c1. The first-order valence-corrected chi connectivity index (χ1v) is 8.07. The average molecular weight is 369 g/mol. The number of ether oxygens (including phenoxy) is 1. The Morgan fingerprint density at radius 1 is 1.15 bits per heavy atom. The van der Waals surface area contributed by atoms with Crippen LogP contribution in [0.5, 0.6) is 5.75 Å². The van der Waals surface area contributed by atoms with Gasteiger partial charge in [0.15, 0.2) is 0 Å². The monoisotopic (exact) mass is 369 g/mol. The van der Waals surface area contributed by atoms with Crippen LogP contribution < -0.4 is 10.1 Å². The van der Waals surface area contributed by atoms with Gasteiger partial charge in [-0.25, -0.2) is 4.39 Å². The molecular weight excluding hydrogens is 350 g/mol. The number of hydrogen-bond donors (Lipinski definition) is 1. The van der Waals surface area contributed by atoms with E-state index in [0.29, 0.717) is 24.8 Å². The molecule has 0 unspecified atom stereocenters. The third-order valence-electron chi connectivity index (χ3n) is 3.66. The van der Waals surface area contributed by atoms with Gasteiger partial charge in [0, 0.05) is 13.0 Å². The summed E-state index contributed by atoms with van der Waals surface area (Å²) in [6.07, 6.45) is -4.13. The number of aryl methyl sites for hydroxylation is 1. The molecular formula is C19H19F4NO2. The van der Waals surface area contributed by atoms with E-state index in [9.17, 15) is 22.4 Å². The van der Waals surface area contributed by atoms with E-state index >= 15 is 0 Å². The van der Waals surface area contributed by atoms with Crippen molar-refractivity contribution in [2.45, 2.75) is 32.5 Å². The van der Waals surface area contributed by atoms with E-state index in [1.165, 1.54) is 0 Å². The molecule has 0 heterocycles. The number of benzene rings is 2. The summed E-state index contributed by atoms with van der Waals surface area (Å²) >= 11 is 0. The van der Waals surface area contributed by atoms with Crippen molar-refractivity contribution in [2.75, 3.05) is 6.61 Å². The zero-order valence-corrected chi connectivity index (χ0v) is 14.2. The van der Waals surface area contributed by atoms with Crippen LogP contribution in [0.1, 0.15) is 29.5 Å². The van der Waals surface area contributed by atoms with Crippen molar-refractivity contribution in [3.8, 4) is 5.75 Å². The van der Waals surface area contributed by atoms with Crippen LogP contribution in [0.15, 0.2) is 42.5 Å². The predicted molar refractivity (Wildman–Crippen MR) is 89.2 cm³/mol. The van der Waals surface area contributed by atoms with Crippen molar-refractivity contribution in [3.63, 3.8) is 0 Å². The van der Waals surface area contributed by atoms with Crippen molar-refractivity contribution < 1.29 is 27.1 Å². The molecule has 0 saturated carbocycles. The smallest absolute Gasteiger partial charge is 0.416 e. The minimum absolute atomic E-state index is 0.119. The van der Waals surface area contributed by atoms with Crippen molar-refractivity contribution in [1.82, 2.24) is 5.32 Å². The Bertz CT molecular complexity index is 759. The molecule has 1 N–H and O–H groups in total. The summed E-state index contributed by atoms with van der Waals surface area (Å²) in [5.74, 6) is -0.664. The lowest BCUT2D eigenvalue weighted by Crippen LogP contribution is -2.24. The second-order valence-corrected chi connectivity index (χ2v) is 5.84. The fourth-order valence-electron chi connectivity index (χ4n) is 2.38. The van der Waals surface area contributed by atoms with E-state index in [0.717, 1.165) is 17.7 Å². The lowest BCUT2D eigenvalue weighted by molar-refractivity contribution is -0.138. The van der Waals surface area contributed by atoms with Crippen molar-refractivity contribution >= 4 is 5.91 Å². The number of nitrogens with one attached hydrogen (secondary N) is 1. The molecule has 140 valence electrons. The summed E-state index contributed by atoms with van der Waals surface area (Å²) < 4.78 is 57.2. The van der Waals surface area contributed by atoms with Crippen LogP contribution in [0, 0.1) is 12.7 Å². The highest BCUT2D eigenvalue weighted by atomic mass is 19.4. The van der Waals surface area contributed by atoms with E-state index in [1.807, 2.05) is 25.1 Å². The van der Waals surface area contributed by atoms with Crippen LogP contribution in [0.2, 0.25) is 0 Å². The van der Waals surface area contributed by atoms with Crippen LogP contribution in [0.4, 0.5) is 17.6 Å². The van der Waals surface area contributed by atoms with Crippen LogP contribution in [-0.4, -0.2) is 12.5 Å². The molecule has 0 bridgehead atoms. The zero-order valence-electron chi connectivity index (χ0n) is 14.2. The molecule has 0 fully saturated rings. The summed E-state index contributed by atoms with van der Waals surface area (Å²) in [5, 5.41) is 2.42. The highest BCUT2D eigenvalue weighted by Gasteiger charge is 2.33. The Morgan fingerprint density at radius 2 is 1.92 bits per heavy atom. The third kappa shape index (κ3) is 6.06. The van der Waals surface area contributed by atoms with Gasteiger partial charge in [-0.2, -0.15) is 13.2 Å². The second kappa shape index (κ2) is 8.69. The molecule has 0 aromatic heterocycles. The summed E-state index contributed by atoms with van der Waals surface area (Å²) in [7, 11) is 0. The molecule has 0 aliphatic rings. The maximum Gasteiger partial charge on any atom is 0.416 e. The highest BCUT2D eigenvalue weighted by molar-refractivity contribution is 5.75. The first kappa shape index (κ1) is 19.8. The molecule has 2 aromatic carbocycles. The topological polar surface area (TPSA) is 38.3 Å². The van der Waals surface area contributed by atoms with Gasteiger partial charge in [-0.3, -0.25) is 4.79 Å². The number of amides is 1. The molecule has 3 nitrogen and oxygen atoms in total. The number of carbonyl (C=O) groups is 1. The first-order valence-electron chi connectivity index (χ1n) is 8.07. The van der Waals surface area contributed by atoms with Crippen molar-refractivity contribution in [1.29, 1.82) is 0 Å². The van der Waals surface area contributed by atoms with Gasteiger partial charge in [-0.1, -0.05) is 18.2 Å². The Hall–Kier alpha value is -2.57. The van der Waals surface area contributed by atoms with E-state index in [-0.39, 0.29) is 18.5 Å². The Kier molecular flexibility index (Phi) is 6.60. The minimum atomic E-state index is -4.68. The summed E-state index contributed by atoms with van der Waals surface area (Å²) in [4.78, 5) is 11.8. The number of halogens is 4. The summed E-state index contributed by atoms with van der Waals surface area (Å²) in [6.45, 7) is 1.94. The molecule has 1 amide bonds. The molecule has 0 aliphatic carbocycles. The molecule has 2 aromatic rings. The van der Waals surface area contributed by atoms with Crippen LogP contribution >= 0.6 is 0 Å². The lowest BCUT2D eigenvalue weighted by Gasteiger charge is -2.13. The highest BCUT2D eigenvalue weighted by Crippen LogP contribution is 2.32. The quantitative estimate of drug-likeness (QED) is 0.571. The largest absolute Gasteiger partial charge is 0.494 e. The van der Waals surface area contributed by atoms with Crippen molar-refractivity contribution in [2.24, 2.45) is 0 Å². The number of rotatable bonds is 7. The van der Waals surface area contributed by atoms with Crippen LogP contribution in [0.3, 0.4) is 0 Å². The molecule has 26 heavy (non-hydrogen) atoms.